The molecular formula is C22H29FIN3O3S. The maximum absolute atomic E-state index is 13.8. The van der Waals surface area contributed by atoms with Gasteiger partial charge in [-0.3, -0.25) is 4.99 Å². The molecule has 0 heterocycles. The zero-order valence-electron chi connectivity index (χ0n) is 17.7. The Labute approximate surface area is 200 Å². The first-order valence-electron chi connectivity index (χ1n) is 10.0. The number of hydrogen-bond acceptors (Lipinski definition) is 4. The van der Waals surface area contributed by atoms with Crippen molar-refractivity contribution in [2.45, 2.75) is 31.2 Å². The minimum atomic E-state index is -3.72. The van der Waals surface area contributed by atoms with Crippen molar-refractivity contribution < 1.29 is 17.5 Å². The molecule has 2 N–H and O–H groups in total. The van der Waals surface area contributed by atoms with Gasteiger partial charge >= 0.3 is 0 Å². The van der Waals surface area contributed by atoms with Crippen molar-refractivity contribution in [3.63, 3.8) is 0 Å². The molecule has 31 heavy (non-hydrogen) atoms. The van der Waals surface area contributed by atoms with Crippen LogP contribution in [0.3, 0.4) is 0 Å². The predicted molar refractivity (Wildman–Crippen MR) is 131 cm³/mol. The molecule has 1 aliphatic rings. The standard InChI is InChI=1S/C22H28FN3O3S.HI/c1-16-7-10-18(20(13-16)29-15-17-8-9-17)14-26-22(24-2)25-11-12-30(27,28)21-6-4-3-5-19(21)23;/h3-7,10,13,17H,8-9,11-12,14-15H2,1-2H3,(H2,24,25,26);1H. The third-order valence-electron chi connectivity index (χ3n) is 4.90. The summed E-state index contributed by atoms with van der Waals surface area (Å²) in [5.74, 6) is 1.00. The molecule has 0 aromatic heterocycles. The van der Waals surface area contributed by atoms with Crippen LogP contribution in [0.5, 0.6) is 5.75 Å². The van der Waals surface area contributed by atoms with Gasteiger partial charge in [-0.15, -0.1) is 24.0 Å². The van der Waals surface area contributed by atoms with Crippen LogP contribution >= 0.6 is 24.0 Å². The molecule has 1 saturated carbocycles. The van der Waals surface area contributed by atoms with Crippen molar-refractivity contribution in [2.75, 3.05) is 26.0 Å². The molecule has 1 fully saturated rings. The van der Waals surface area contributed by atoms with Crippen LogP contribution in [-0.4, -0.2) is 40.3 Å². The molecule has 0 bridgehead atoms. The van der Waals surface area contributed by atoms with Gasteiger partial charge in [-0.05, 0) is 49.4 Å². The van der Waals surface area contributed by atoms with Crippen molar-refractivity contribution in [2.24, 2.45) is 10.9 Å². The first-order valence-corrected chi connectivity index (χ1v) is 11.7. The van der Waals surface area contributed by atoms with E-state index in [-0.39, 0.29) is 41.2 Å². The second-order valence-electron chi connectivity index (χ2n) is 7.47. The summed E-state index contributed by atoms with van der Waals surface area (Å²) in [4.78, 5) is 3.84. The van der Waals surface area contributed by atoms with Crippen molar-refractivity contribution in [3.8, 4) is 5.75 Å². The molecule has 9 heteroatoms. The van der Waals surface area contributed by atoms with E-state index in [1.165, 1.54) is 31.0 Å². The van der Waals surface area contributed by atoms with Crippen LogP contribution in [0.25, 0.3) is 0 Å². The first-order chi connectivity index (χ1) is 14.4. The highest BCUT2D eigenvalue weighted by Gasteiger charge is 2.22. The normalized spacial score (nSPS) is 14.0. The lowest BCUT2D eigenvalue weighted by molar-refractivity contribution is 0.296. The van der Waals surface area contributed by atoms with Gasteiger partial charge in [0.2, 0.25) is 0 Å². The van der Waals surface area contributed by atoms with Crippen LogP contribution in [0, 0.1) is 18.7 Å². The van der Waals surface area contributed by atoms with E-state index in [2.05, 4.69) is 15.6 Å². The summed E-state index contributed by atoms with van der Waals surface area (Å²) in [6.45, 7) is 3.35. The van der Waals surface area contributed by atoms with E-state index >= 15 is 0 Å². The number of aryl methyl sites for hydroxylation is 1. The molecule has 2 aromatic rings. The Morgan fingerprint density at radius 2 is 1.94 bits per heavy atom. The van der Waals surface area contributed by atoms with E-state index in [1.54, 1.807) is 7.05 Å². The Morgan fingerprint density at radius 3 is 2.61 bits per heavy atom. The van der Waals surface area contributed by atoms with Gasteiger partial charge in [-0.25, -0.2) is 12.8 Å². The number of nitrogens with one attached hydrogen (secondary N) is 2. The fraction of sp³-hybridized carbons (Fsp3) is 0.409. The molecule has 0 aliphatic heterocycles. The van der Waals surface area contributed by atoms with Crippen molar-refractivity contribution in [3.05, 3.63) is 59.4 Å². The van der Waals surface area contributed by atoms with Gasteiger partial charge < -0.3 is 15.4 Å². The fourth-order valence-corrected chi connectivity index (χ4v) is 4.19. The lowest BCUT2D eigenvalue weighted by Gasteiger charge is -2.15. The van der Waals surface area contributed by atoms with Crippen LogP contribution in [0.15, 0.2) is 52.4 Å². The third-order valence-corrected chi connectivity index (χ3v) is 6.64. The summed E-state index contributed by atoms with van der Waals surface area (Å²) >= 11 is 0. The van der Waals surface area contributed by atoms with Gasteiger partial charge in [-0.1, -0.05) is 24.3 Å². The van der Waals surface area contributed by atoms with Crippen LogP contribution in [-0.2, 0) is 16.4 Å². The van der Waals surface area contributed by atoms with Gasteiger partial charge in [0.15, 0.2) is 15.8 Å². The topological polar surface area (TPSA) is 79.8 Å². The molecular weight excluding hydrogens is 532 g/mol. The Kier molecular flexibility index (Phi) is 9.54. The van der Waals surface area contributed by atoms with E-state index in [0.717, 1.165) is 29.5 Å². The number of halogens is 2. The highest BCUT2D eigenvalue weighted by molar-refractivity contribution is 14.0. The molecule has 6 nitrogen and oxygen atoms in total. The summed E-state index contributed by atoms with van der Waals surface area (Å²) in [6, 6.07) is 11.5. The fourth-order valence-electron chi connectivity index (χ4n) is 2.94. The molecule has 0 unspecified atom stereocenters. The minimum absolute atomic E-state index is 0. The van der Waals surface area contributed by atoms with Crippen molar-refractivity contribution in [1.29, 1.82) is 0 Å². The molecule has 2 aromatic carbocycles. The summed E-state index contributed by atoms with van der Waals surface area (Å²) in [5, 5.41) is 6.15. The highest BCUT2D eigenvalue weighted by atomic mass is 127. The smallest absolute Gasteiger partial charge is 0.191 e. The van der Waals surface area contributed by atoms with Gasteiger partial charge in [0, 0.05) is 25.7 Å². The average Bonchev–Trinajstić information content (AvgIpc) is 3.54. The number of ether oxygens (including phenoxy) is 1. The number of aliphatic imine (C=N–C) groups is 1. The van der Waals surface area contributed by atoms with Gasteiger partial charge in [0.25, 0.3) is 0 Å². The summed E-state index contributed by atoms with van der Waals surface area (Å²) in [5.41, 5.74) is 2.13. The zero-order valence-corrected chi connectivity index (χ0v) is 20.9. The number of hydrogen-bond donors (Lipinski definition) is 2. The second-order valence-corrected chi connectivity index (χ2v) is 9.54. The largest absolute Gasteiger partial charge is 0.493 e. The number of guanidine groups is 1. The van der Waals surface area contributed by atoms with E-state index < -0.39 is 15.7 Å². The minimum Gasteiger partial charge on any atom is -0.493 e. The second kappa shape index (κ2) is 11.7. The zero-order chi connectivity index (χ0) is 21.6. The molecule has 3 rings (SSSR count). The molecule has 0 saturated heterocycles. The maximum atomic E-state index is 13.8. The van der Waals surface area contributed by atoms with Crippen LogP contribution in [0.1, 0.15) is 24.0 Å². The molecule has 1 aliphatic carbocycles. The van der Waals surface area contributed by atoms with E-state index in [0.29, 0.717) is 18.4 Å². The van der Waals surface area contributed by atoms with Crippen LogP contribution in [0.2, 0.25) is 0 Å². The van der Waals surface area contributed by atoms with Gasteiger partial charge in [0.1, 0.15) is 16.5 Å². The molecule has 170 valence electrons. The Hall–Kier alpha value is -1.88. The van der Waals surface area contributed by atoms with Gasteiger partial charge in [-0.2, -0.15) is 0 Å². The van der Waals surface area contributed by atoms with Gasteiger partial charge in [0.05, 0.1) is 12.4 Å². The molecule has 0 amide bonds. The third kappa shape index (κ3) is 7.64. The Bertz CT molecular complexity index is 1010. The Balaban J connectivity index is 0.00000341. The number of sulfone groups is 1. The molecule has 0 atom stereocenters. The van der Waals surface area contributed by atoms with Crippen molar-refractivity contribution in [1.82, 2.24) is 10.6 Å². The number of rotatable bonds is 9. The van der Waals surface area contributed by atoms with Crippen molar-refractivity contribution >= 4 is 39.8 Å². The van der Waals surface area contributed by atoms with Crippen LogP contribution in [0.4, 0.5) is 4.39 Å². The summed E-state index contributed by atoms with van der Waals surface area (Å²) in [6.07, 6.45) is 2.46. The lowest BCUT2D eigenvalue weighted by Crippen LogP contribution is -2.39. The maximum Gasteiger partial charge on any atom is 0.191 e. The Morgan fingerprint density at radius 1 is 1.19 bits per heavy atom. The number of benzene rings is 2. The van der Waals surface area contributed by atoms with E-state index in [1.807, 2.05) is 25.1 Å². The summed E-state index contributed by atoms with van der Waals surface area (Å²) < 4.78 is 44.5. The molecule has 0 radical (unpaired) electrons. The number of nitrogens with zero attached hydrogens (tertiary/aromatic N) is 1. The first kappa shape index (κ1) is 25.4. The van der Waals surface area contributed by atoms with Crippen LogP contribution < -0.4 is 15.4 Å². The monoisotopic (exact) mass is 561 g/mol. The average molecular weight is 561 g/mol. The highest BCUT2D eigenvalue weighted by Crippen LogP contribution is 2.30. The van der Waals surface area contributed by atoms with E-state index in [4.69, 9.17) is 4.74 Å². The molecule has 0 spiro atoms. The summed E-state index contributed by atoms with van der Waals surface area (Å²) in [7, 11) is -2.11. The predicted octanol–water partition coefficient (Wildman–Crippen LogP) is 3.68. The van der Waals surface area contributed by atoms with E-state index in [9.17, 15) is 12.8 Å². The quantitative estimate of drug-likeness (QED) is 0.278. The SMILES string of the molecule is CN=C(NCCS(=O)(=O)c1ccccc1F)NCc1ccc(C)cc1OCC1CC1.I. The lowest BCUT2D eigenvalue weighted by atomic mass is 10.1.